The maximum absolute atomic E-state index is 12.7. The van der Waals surface area contributed by atoms with Gasteiger partial charge in [0, 0.05) is 15.6 Å². The zero-order valence-electron chi connectivity index (χ0n) is 15.3. The lowest BCUT2D eigenvalue weighted by Crippen LogP contribution is -2.33. The molecule has 7 heteroatoms. The van der Waals surface area contributed by atoms with Gasteiger partial charge in [0.2, 0.25) is 0 Å². The Morgan fingerprint density at radius 1 is 1.14 bits per heavy atom. The molecule has 3 rings (SSSR count). The van der Waals surface area contributed by atoms with Crippen LogP contribution in [0.4, 0.5) is 4.79 Å². The minimum Gasteiger partial charge on any atom is -0.490 e. The number of Topliss-reactive ketones (excluding diaryl/α,β-unsaturated/α-hetero) is 1. The topological polar surface area (TPSA) is 63.7 Å². The molecule has 1 aliphatic rings. The Labute approximate surface area is 175 Å². The van der Waals surface area contributed by atoms with Gasteiger partial charge in [-0.05, 0) is 49.9 Å². The van der Waals surface area contributed by atoms with E-state index in [1.807, 2.05) is 38.1 Å². The third kappa shape index (κ3) is 4.72. The van der Waals surface area contributed by atoms with Crippen molar-refractivity contribution in [3.63, 3.8) is 0 Å². The van der Waals surface area contributed by atoms with Crippen LogP contribution in [0.25, 0.3) is 6.08 Å². The molecule has 0 radical (unpaired) electrons. The van der Waals surface area contributed by atoms with E-state index >= 15 is 0 Å². The second kappa shape index (κ2) is 8.75. The maximum Gasteiger partial charge on any atom is 0.293 e. The summed E-state index contributed by atoms with van der Waals surface area (Å²) >= 11 is 4.14. The predicted molar refractivity (Wildman–Crippen MR) is 113 cm³/mol. The van der Waals surface area contributed by atoms with Crippen LogP contribution in [0.15, 0.2) is 57.9 Å². The summed E-state index contributed by atoms with van der Waals surface area (Å²) in [6.07, 6.45) is 1.61. The molecule has 1 fully saturated rings. The number of carbonyl (C=O) groups is 3. The first-order valence-electron chi connectivity index (χ1n) is 8.65. The van der Waals surface area contributed by atoms with Crippen LogP contribution in [-0.2, 0) is 4.79 Å². The van der Waals surface area contributed by atoms with Gasteiger partial charge in [-0.25, -0.2) is 0 Å². The zero-order chi connectivity index (χ0) is 20.3. The summed E-state index contributed by atoms with van der Waals surface area (Å²) in [4.78, 5) is 38.7. The quantitative estimate of drug-likeness (QED) is 0.441. The average Bonchev–Trinajstić information content (AvgIpc) is 2.91. The van der Waals surface area contributed by atoms with Crippen LogP contribution in [0.1, 0.15) is 29.8 Å². The van der Waals surface area contributed by atoms with Crippen LogP contribution in [0.3, 0.4) is 0 Å². The number of para-hydroxylation sites is 1. The maximum atomic E-state index is 12.7. The molecule has 0 saturated carbocycles. The third-order valence-corrected chi connectivity index (χ3v) is 5.35. The Hall–Kier alpha value is -2.38. The number of amides is 2. The molecule has 0 atom stereocenters. The minimum absolute atomic E-state index is 0.0202. The highest BCUT2D eigenvalue weighted by molar-refractivity contribution is 9.10. The molecule has 0 aromatic heterocycles. The van der Waals surface area contributed by atoms with Crippen molar-refractivity contribution >= 4 is 50.7 Å². The van der Waals surface area contributed by atoms with E-state index in [0.717, 1.165) is 21.1 Å². The molecule has 28 heavy (non-hydrogen) atoms. The fourth-order valence-corrected chi connectivity index (χ4v) is 3.70. The molecule has 2 aromatic rings. The number of hydrogen-bond donors (Lipinski definition) is 0. The molecule has 1 aliphatic heterocycles. The molecule has 1 heterocycles. The summed E-state index contributed by atoms with van der Waals surface area (Å²) in [5, 5.41) is -0.455. The van der Waals surface area contributed by atoms with E-state index in [9.17, 15) is 14.4 Å². The van der Waals surface area contributed by atoms with Gasteiger partial charge in [-0.1, -0.05) is 46.3 Å². The van der Waals surface area contributed by atoms with E-state index in [0.29, 0.717) is 16.9 Å². The Kier molecular flexibility index (Phi) is 6.36. The number of halogens is 1. The van der Waals surface area contributed by atoms with E-state index in [-0.39, 0.29) is 23.3 Å². The highest BCUT2D eigenvalue weighted by Gasteiger charge is 2.36. The molecular formula is C21H18BrNO4S. The van der Waals surface area contributed by atoms with Crippen molar-refractivity contribution in [2.45, 2.75) is 20.0 Å². The van der Waals surface area contributed by atoms with Crippen LogP contribution in [0, 0.1) is 0 Å². The molecular weight excluding hydrogens is 442 g/mol. The fourth-order valence-electron chi connectivity index (χ4n) is 2.61. The Morgan fingerprint density at radius 3 is 2.50 bits per heavy atom. The van der Waals surface area contributed by atoms with Crippen molar-refractivity contribution < 1.29 is 19.1 Å². The zero-order valence-corrected chi connectivity index (χ0v) is 17.7. The molecule has 2 aromatic carbocycles. The van der Waals surface area contributed by atoms with Gasteiger partial charge < -0.3 is 4.74 Å². The van der Waals surface area contributed by atoms with Crippen LogP contribution in [0.5, 0.6) is 5.75 Å². The van der Waals surface area contributed by atoms with Crippen molar-refractivity contribution in [1.82, 2.24) is 4.90 Å². The standard InChI is InChI=1S/C21H18BrNO4S/c1-13(2)27-18-6-4-3-5-15(18)11-19-20(25)23(21(26)28-19)12-17(24)14-7-9-16(22)10-8-14/h3-11,13H,12H2,1-2H3/b19-11-. The predicted octanol–water partition coefficient (Wildman–Crippen LogP) is 5.16. The van der Waals surface area contributed by atoms with Crippen molar-refractivity contribution in [2.24, 2.45) is 0 Å². The second-order valence-corrected chi connectivity index (χ2v) is 8.31. The van der Waals surface area contributed by atoms with E-state index in [1.165, 1.54) is 0 Å². The summed E-state index contributed by atoms with van der Waals surface area (Å²) in [6, 6.07) is 14.1. The van der Waals surface area contributed by atoms with E-state index in [4.69, 9.17) is 4.74 Å². The van der Waals surface area contributed by atoms with Crippen molar-refractivity contribution in [1.29, 1.82) is 0 Å². The lowest BCUT2D eigenvalue weighted by molar-refractivity contribution is -0.122. The van der Waals surface area contributed by atoms with Gasteiger partial charge in [0.15, 0.2) is 5.78 Å². The van der Waals surface area contributed by atoms with Crippen LogP contribution >= 0.6 is 27.7 Å². The highest BCUT2D eigenvalue weighted by atomic mass is 79.9. The van der Waals surface area contributed by atoms with E-state index in [2.05, 4.69) is 15.9 Å². The number of benzene rings is 2. The SMILES string of the molecule is CC(C)Oc1ccccc1/C=C1\SC(=O)N(CC(=O)c2ccc(Br)cc2)C1=O. The fraction of sp³-hybridized carbons (Fsp3) is 0.190. The molecule has 0 spiro atoms. The van der Waals surface area contributed by atoms with Gasteiger partial charge >= 0.3 is 0 Å². The highest BCUT2D eigenvalue weighted by Crippen LogP contribution is 2.34. The monoisotopic (exact) mass is 459 g/mol. The molecule has 2 amide bonds. The van der Waals surface area contributed by atoms with Gasteiger partial charge in [0.25, 0.3) is 11.1 Å². The van der Waals surface area contributed by atoms with E-state index in [1.54, 1.807) is 30.3 Å². The van der Waals surface area contributed by atoms with Crippen molar-refractivity contribution in [3.05, 3.63) is 69.0 Å². The summed E-state index contributed by atoms with van der Waals surface area (Å²) in [7, 11) is 0. The van der Waals surface area contributed by atoms with Crippen molar-refractivity contribution in [2.75, 3.05) is 6.54 Å². The Balaban J connectivity index is 1.79. The number of nitrogens with zero attached hydrogens (tertiary/aromatic N) is 1. The molecule has 0 bridgehead atoms. The van der Waals surface area contributed by atoms with Crippen molar-refractivity contribution in [3.8, 4) is 5.75 Å². The minimum atomic E-state index is -0.472. The summed E-state index contributed by atoms with van der Waals surface area (Å²) in [5.41, 5.74) is 1.16. The number of hydrogen-bond acceptors (Lipinski definition) is 5. The first-order valence-corrected chi connectivity index (χ1v) is 10.3. The number of ether oxygens (including phenoxy) is 1. The normalized spacial score (nSPS) is 15.6. The van der Waals surface area contributed by atoms with Gasteiger partial charge in [0.05, 0.1) is 17.6 Å². The number of carbonyl (C=O) groups excluding carboxylic acids is 3. The first-order chi connectivity index (χ1) is 13.3. The van der Waals surface area contributed by atoms with Crippen LogP contribution in [0.2, 0.25) is 0 Å². The van der Waals surface area contributed by atoms with Gasteiger partial charge in [-0.2, -0.15) is 0 Å². The largest absolute Gasteiger partial charge is 0.490 e. The molecule has 144 valence electrons. The third-order valence-electron chi connectivity index (χ3n) is 3.91. The van der Waals surface area contributed by atoms with Gasteiger partial charge in [-0.15, -0.1) is 0 Å². The summed E-state index contributed by atoms with van der Waals surface area (Å²) in [5.74, 6) is -0.130. The molecule has 1 saturated heterocycles. The van der Waals surface area contributed by atoms with Crippen LogP contribution in [-0.4, -0.2) is 34.5 Å². The Morgan fingerprint density at radius 2 is 1.82 bits per heavy atom. The lowest BCUT2D eigenvalue weighted by Gasteiger charge is -2.13. The molecule has 5 nitrogen and oxygen atoms in total. The number of ketones is 1. The number of imide groups is 1. The second-order valence-electron chi connectivity index (χ2n) is 6.40. The molecule has 0 N–H and O–H groups in total. The van der Waals surface area contributed by atoms with Crippen LogP contribution < -0.4 is 4.74 Å². The summed E-state index contributed by atoms with van der Waals surface area (Å²) < 4.78 is 6.60. The summed E-state index contributed by atoms with van der Waals surface area (Å²) in [6.45, 7) is 3.55. The smallest absolute Gasteiger partial charge is 0.293 e. The van der Waals surface area contributed by atoms with E-state index < -0.39 is 11.1 Å². The lowest BCUT2D eigenvalue weighted by atomic mass is 10.1. The number of thioether (sulfide) groups is 1. The van der Waals surface area contributed by atoms with Gasteiger partial charge in [-0.3, -0.25) is 19.3 Å². The average molecular weight is 460 g/mol. The molecule has 0 aliphatic carbocycles. The molecule has 0 unspecified atom stereocenters. The number of rotatable bonds is 6. The first kappa shape index (κ1) is 20.4. The van der Waals surface area contributed by atoms with Gasteiger partial charge in [0.1, 0.15) is 5.75 Å². The Bertz CT molecular complexity index is 953.